The first-order chi connectivity index (χ1) is 11.9. The zero-order chi connectivity index (χ0) is 18.4. The van der Waals surface area contributed by atoms with E-state index in [0.29, 0.717) is 0 Å². The van der Waals surface area contributed by atoms with E-state index in [1.165, 1.54) is 13.1 Å². The second-order valence-electron chi connectivity index (χ2n) is 5.44. The van der Waals surface area contributed by atoms with Gasteiger partial charge in [-0.1, -0.05) is 36.4 Å². The molecule has 0 aliphatic rings. The van der Waals surface area contributed by atoms with E-state index in [-0.39, 0.29) is 12.2 Å². The summed E-state index contributed by atoms with van der Waals surface area (Å²) < 4.78 is 31.7. The lowest BCUT2D eigenvalue weighted by molar-refractivity contribution is -0.138. The normalized spacial score (nSPS) is 11.6. The largest absolute Gasteiger partial charge is 0.481 e. The van der Waals surface area contributed by atoms with Crippen LogP contribution in [0.15, 0.2) is 48.5 Å². The highest BCUT2D eigenvalue weighted by Gasteiger charge is 2.26. The zero-order valence-corrected chi connectivity index (χ0v) is 13.5. The van der Waals surface area contributed by atoms with Gasteiger partial charge in [-0.25, -0.2) is 13.6 Å². The Balaban J connectivity index is 2.13. The van der Waals surface area contributed by atoms with Gasteiger partial charge in [0.2, 0.25) is 0 Å². The minimum Gasteiger partial charge on any atom is -0.481 e. The van der Waals surface area contributed by atoms with Gasteiger partial charge in [0.25, 0.3) is 0 Å². The molecule has 2 rings (SSSR count). The molecule has 0 saturated carbocycles. The average molecular weight is 349 g/mol. The van der Waals surface area contributed by atoms with Crippen LogP contribution in [0.5, 0.6) is 0 Å². The highest BCUT2D eigenvalue weighted by Crippen LogP contribution is 2.25. The Morgan fingerprint density at radius 3 is 2.40 bits per heavy atom. The molecule has 2 aromatic carbocycles. The Kier molecular flexibility index (Phi) is 6.05. The summed E-state index contributed by atoms with van der Waals surface area (Å²) in [5.74, 6) is -3.34. The molecule has 0 aliphatic carbocycles. The summed E-state index contributed by atoms with van der Waals surface area (Å²) in [6, 6.07) is 11.0. The Morgan fingerprint density at radius 1 is 1.12 bits per heavy atom. The van der Waals surface area contributed by atoms with Crippen LogP contribution in [0.1, 0.15) is 23.6 Å². The molecule has 0 bridgehead atoms. The van der Waals surface area contributed by atoms with E-state index in [1.807, 2.05) is 6.07 Å². The summed E-state index contributed by atoms with van der Waals surface area (Å²) in [7, 11) is 1.35. The van der Waals surface area contributed by atoms with Crippen LogP contribution in [0, 0.1) is 11.6 Å². The third-order valence-electron chi connectivity index (χ3n) is 3.66. The maximum atomic E-state index is 13.5. The van der Waals surface area contributed by atoms with Crippen LogP contribution in [0.2, 0.25) is 0 Å². The summed E-state index contributed by atoms with van der Waals surface area (Å²) in [6.45, 7) is 0.0155. The van der Waals surface area contributed by atoms with Crippen molar-refractivity contribution in [3.63, 3.8) is 0 Å². The summed E-state index contributed by atoms with van der Waals surface area (Å²) in [5, 5.41) is 9.06. The van der Waals surface area contributed by atoms with E-state index >= 15 is 0 Å². The predicted molar refractivity (Wildman–Crippen MR) is 85.7 cm³/mol. The van der Waals surface area contributed by atoms with Crippen molar-refractivity contribution in [3.05, 3.63) is 71.3 Å². The third-order valence-corrected chi connectivity index (χ3v) is 3.66. The Labute approximate surface area is 143 Å². The number of carboxylic acid groups (broad SMARTS) is 1. The second-order valence-corrected chi connectivity index (χ2v) is 5.44. The lowest BCUT2D eigenvalue weighted by Crippen LogP contribution is -2.33. The topological polar surface area (TPSA) is 66.8 Å². The fraction of sp³-hybridized carbons (Fsp3) is 0.222. The number of carboxylic acids is 1. The number of nitrogens with zero attached hydrogens (tertiary/aromatic N) is 1. The summed E-state index contributed by atoms with van der Waals surface area (Å²) >= 11 is 0. The number of hydrogen-bond donors (Lipinski definition) is 1. The second kappa shape index (κ2) is 8.23. The molecule has 1 atom stereocenters. The van der Waals surface area contributed by atoms with Crippen molar-refractivity contribution in [1.29, 1.82) is 0 Å². The summed E-state index contributed by atoms with van der Waals surface area (Å²) in [4.78, 5) is 24.4. The van der Waals surface area contributed by atoms with Gasteiger partial charge < -0.3 is 14.7 Å². The Bertz CT molecular complexity index is 752. The van der Waals surface area contributed by atoms with Crippen molar-refractivity contribution < 1.29 is 28.2 Å². The number of carbonyl (C=O) groups excluding carboxylic acids is 1. The molecule has 25 heavy (non-hydrogen) atoms. The molecule has 1 amide bonds. The molecule has 0 saturated heterocycles. The van der Waals surface area contributed by atoms with Crippen LogP contribution in [-0.2, 0) is 16.1 Å². The summed E-state index contributed by atoms with van der Waals surface area (Å²) in [6.07, 6.45) is -1.23. The Hall–Kier alpha value is -2.96. The van der Waals surface area contributed by atoms with Gasteiger partial charge in [0.15, 0.2) is 11.6 Å². The van der Waals surface area contributed by atoms with E-state index in [1.54, 1.807) is 24.3 Å². The standard InChI is InChI=1S/C18H17F2NO4/c1-21(18(24)25-11-12-5-3-2-4-6-12)16(10-17(22)23)13-7-8-14(19)15(20)9-13/h2-9,16H,10-11H2,1H3,(H,22,23). The van der Waals surface area contributed by atoms with Gasteiger partial charge in [-0.3, -0.25) is 4.79 Å². The van der Waals surface area contributed by atoms with Crippen molar-refractivity contribution in [2.24, 2.45) is 0 Å². The first-order valence-corrected chi connectivity index (χ1v) is 7.48. The quantitative estimate of drug-likeness (QED) is 0.862. The molecule has 0 spiro atoms. The lowest BCUT2D eigenvalue weighted by atomic mass is 10.0. The maximum absolute atomic E-state index is 13.5. The smallest absolute Gasteiger partial charge is 0.410 e. The molecule has 1 unspecified atom stereocenters. The van der Waals surface area contributed by atoms with Crippen LogP contribution in [0.4, 0.5) is 13.6 Å². The number of hydrogen-bond acceptors (Lipinski definition) is 3. The molecule has 7 heteroatoms. The van der Waals surface area contributed by atoms with Crippen LogP contribution >= 0.6 is 0 Å². The number of amides is 1. The van der Waals surface area contributed by atoms with Gasteiger partial charge in [-0.15, -0.1) is 0 Å². The number of aliphatic carboxylic acids is 1. The number of benzene rings is 2. The van der Waals surface area contributed by atoms with E-state index in [2.05, 4.69) is 0 Å². The maximum Gasteiger partial charge on any atom is 0.410 e. The van der Waals surface area contributed by atoms with Crippen molar-refractivity contribution in [2.75, 3.05) is 7.05 Å². The van der Waals surface area contributed by atoms with E-state index in [9.17, 15) is 18.4 Å². The number of carbonyl (C=O) groups is 2. The van der Waals surface area contributed by atoms with Crippen molar-refractivity contribution in [3.8, 4) is 0 Å². The first-order valence-electron chi connectivity index (χ1n) is 7.48. The average Bonchev–Trinajstić information content (AvgIpc) is 2.60. The van der Waals surface area contributed by atoms with Crippen molar-refractivity contribution >= 4 is 12.1 Å². The van der Waals surface area contributed by atoms with Crippen LogP contribution in [-0.4, -0.2) is 29.1 Å². The number of halogens is 2. The molecule has 0 aromatic heterocycles. The van der Waals surface area contributed by atoms with Gasteiger partial charge >= 0.3 is 12.1 Å². The predicted octanol–water partition coefficient (Wildman–Crippen LogP) is 3.75. The van der Waals surface area contributed by atoms with Crippen LogP contribution in [0.25, 0.3) is 0 Å². The molecule has 0 aliphatic heterocycles. The Morgan fingerprint density at radius 2 is 1.80 bits per heavy atom. The summed E-state index contributed by atoms with van der Waals surface area (Å²) in [5.41, 5.74) is 0.937. The monoisotopic (exact) mass is 349 g/mol. The van der Waals surface area contributed by atoms with Crippen LogP contribution < -0.4 is 0 Å². The molecular formula is C18H17F2NO4. The van der Waals surface area contributed by atoms with Gasteiger partial charge in [-0.2, -0.15) is 0 Å². The van der Waals surface area contributed by atoms with Gasteiger partial charge in [0.05, 0.1) is 12.5 Å². The minimum atomic E-state index is -1.18. The minimum absolute atomic E-state index is 0.0155. The highest BCUT2D eigenvalue weighted by molar-refractivity contribution is 5.72. The molecule has 2 aromatic rings. The van der Waals surface area contributed by atoms with E-state index in [4.69, 9.17) is 9.84 Å². The molecule has 0 heterocycles. The zero-order valence-electron chi connectivity index (χ0n) is 13.5. The van der Waals surface area contributed by atoms with Gasteiger partial charge in [0.1, 0.15) is 6.61 Å². The van der Waals surface area contributed by atoms with Crippen molar-refractivity contribution in [1.82, 2.24) is 4.90 Å². The first kappa shape index (κ1) is 18.4. The SMILES string of the molecule is CN(C(=O)OCc1ccccc1)C(CC(=O)O)c1ccc(F)c(F)c1. The molecule has 1 N–H and O–H groups in total. The molecule has 132 valence electrons. The number of rotatable bonds is 6. The molecule has 0 radical (unpaired) electrons. The molecule has 0 fully saturated rings. The molecule has 5 nitrogen and oxygen atoms in total. The third kappa shape index (κ3) is 5.00. The van der Waals surface area contributed by atoms with E-state index in [0.717, 1.165) is 22.6 Å². The highest BCUT2D eigenvalue weighted by atomic mass is 19.2. The fourth-order valence-corrected chi connectivity index (χ4v) is 2.31. The van der Waals surface area contributed by atoms with E-state index < -0.39 is 36.2 Å². The molecular weight excluding hydrogens is 332 g/mol. The lowest BCUT2D eigenvalue weighted by Gasteiger charge is -2.27. The fourth-order valence-electron chi connectivity index (χ4n) is 2.31. The number of ether oxygens (including phenoxy) is 1. The van der Waals surface area contributed by atoms with Gasteiger partial charge in [0, 0.05) is 7.05 Å². The van der Waals surface area contributed by atoms with Gasteiger partial charge in [-0.05, 0) is 23.3 Å². The van der Waals surface area contributed by atoms with Crippen molar-refractivity contribution in [2.45, 2.75) is 19.1 Å². The van der Waals surface area contributed by atoms with Crippen LogP contribution in [0.3, 0.4) is 0 Å².